The summed E-state index contributed by atoms with van der Waals surface area (Å²) < 4.78 is 0. The molecular formula is C14H18N6O2. The second kappa shape index (κ2) is 6.10. The Morgan fingerprint density at radius 2 is 2.23 bits per heavy atom. The number of aromatic nitrogens is 4. The van der Waals surface area contributed by atoms with E-state index in [9.17, 15) is 9.90 Å². The van der Waals surface area contributed by atoms with Gasteiger partial charge in [0.25, 0.3) is 5.91 Å². The van der Waals surface area contributed by atoms with E-state index < -0.39 is 5.60 Å². The maximum absolute atomic E-state index is 11.9. The molecule has 1 fully saturated rings. The Kier molecular flexibility index (Phi) is 4.01. The molecule has 8 nitrogen and oxygen atoms in total. The fourth-order valence-electron chi connectivity index (χ4n) is 2.60. The fourth-order valence-corrected chi connectivity index (χ4v) is 2.60. The molecule has 3 heterocycles. The number of aliphatic hydroxyl groups is 1. The van der Waals surface area contributed by atoms with Crippen LogP contribution in [0.5, 0.6) is 0 Å². The number of aromatic amines is 1. The maximum atomic E-state index is 11.9. The van der Waals surface area contributed by atoms with Crippen molar-refractivity contribution in [3.63, 3.8) is 0 Å². The quantitative estimate of drug-likeness (QED) is 0.731. The van der Waals surface area contributed by atoms with Gasteiger partial charge in [0.15, 0.2) is 0 Å². The Balaban J connectivity index is 1.61. The molecule has 0 spiro atoms. The lowest BCUT2D eigenvalue weighted by Crippen LogP contribution is -2.54. The molecule has 1 amide bonds. The number of amides is 1. The summed E-state index contributed by atoms with van der Waals surface area (Å²) in [5.74, 6) is 0.319. The number of anilines is 1. The zero-order valence-corrected chi connectivity index (χ0v) is 12.1. The van der Waals surface area contributed by atoms with Gasteiger partial charge in [0.2, 0.25) is 5.95 Å². The van der Waals surface area contributed by atoms with Crippen LogP contribution in [0.15, 0.2) is 30.7 Å². The molecule has 1 aliphatic heterocycles. The fraction of sp³-hybridized carbons (Fsp3) is 0.429. The van der Waals surface area contributed by atoms with Crippen LogP contribution in [0.1, 0.15) is 23.3 Å². The molecule has 0 bridgehead atoms. The topological polar surface area (TPSA) is 107 Å². The third kappa shape index (κ3) is 3.22. The first-order chi connectivity index (χ1) is 10.7. The standard InChI is InChI=1S/C14H18N6O2/c21-12(11-3-7-18-19-11)17-9-14(22)4-1-8-20(10-14)13-15-5-2-6-16-13/h2-3,5-7,22H,1,4,8-10H2,(H,17,21)(H,18,19)/t14-/m1/s1. The van der Waals surface area contributed by atoms with Gasteiger partial charge in [0.05, 0.1) is 12.1 Å². The molecule has 0 aliphatic carbocycles. The molecule has 0 aromatic carbocycles. The lowest BCUT2D eigenvalue weighted by Gasteiger charge is -2.39. The van der Waals surface area contributed by atoms with Crippen molar-refractivity contribution < 1.29 is 9.90 Å². The Bertz CT molecular complexity index is 618. The van der Waals surface area contributed by atoms with Crippen molar-refractivity contribution in [1.29, 1.82) is 0 Å². The van der Waals surface area contributed by atoms with Gasteiger partial charge in [0.1, 0.15) is 5.69 Å². The summed E-state index contributed by atoms with van der Waals surface area (Å²) in [5.41, 5.74) is -0.615. The van der Waals surface area contributed by atoms with Gasteiger partial charge < -0.3 is 15.3 Å². The van der Waals surface area contributed by atoms with Gasteiger partial charge in [-0.2, -0.15) is 5.10 Å². The largest absolute Gasteiger partial charge is 0.386 e. The normalized spacial score (nSPS) is 21.6. The van der Waals surface area contributed by atoms with Crippen LogP contribution in [-0.2, 0) is 0 Å². The van der Waals surface area contributed by atoms with E-state index in [1.165, 1.54) is 6.20 Å². The molecule has 1 atom stereocenters. The molecule has 0 radical (unpaired) electrons. The zero-order chi connectivity index (χ0) is 15.4. The van der Waals surface area contributed by atoms with E-state index in [-0.39, 0.29) is 12.5 Å². The van der Waals surface area contributed by atoms with Gasteiger partial charge in [-0.3, -0.25) is 9.89 Å². The summed E-state index contributed by atoms with van der Waals surface area (Å²) in [6.45, 7) is 1.36. The number of nitrogens with zero attached hydrogens (tertiary/aromatic N) is 4. The Morgan fingerprint density at radius 3 is 2.95 bits per heavy atom. The molecule has 3 rings (SSSR count). The molecule has 2 aromatic heterocycles. The number of β-amino-alcohol motifs (C(OH)–C–C–N with tert-alkyl or cyclic N) is 1. The van der Waals surface area contributed by atoms with E-state index in [0.29, 0.717) is 24.6 Å². The summed E-state index contributed by atoms with van der Waals surface area (Å²) in [4.78, 5) is 22.3. The summed E-state index contributed by atoms with van der Waals surface area (Å²) in [7, 11) is 0. The predicted octanol–water partition coefficient (Wildman–Crippen LogP) is -0.0390. The zero-order valence-electron chi connectivity index (χ0n) is 12.1. The average Bonchev–Trinajstić information content (AvgIpc) is 3.08. The van der Waals surface area contributed by atoms with E-state index in [0.717, 1.165) is 13.0 Å². The van der Waals surface area contributed by atoms with Crippen LogP contribution in [0.25, 0.3) is 0 Å². The number of carbonyl (C=O) groups excluding carboxylic acids is 1. The minimum absolute atomic E-state index is 0.175. The number of hydrogen-bond acceptors (Lipinski definition) is 6. The molecule has 0 unspecified atom stereocenters. The van der Waals surface area contributed by atoms with E-state index in [4.69, 9.17) is 0 Å². The molecule has 8 heteroatoms. The van der Waals surface area contributed by atoms with Crippen LogP contribution in [0.3, 0.4) is 0 Å². The van der Waals surface area contributed by atoms with Crippen molar-refractivity contribution in [2.45, 2.75) is 18.4 Å². The minimum atomic E-state index is -0.993. The van der Waals surface area contributed by atoms with E-state index >= 15 is 0 Å². The van der Waals surface area contributed by atoms with Gasteiger partial charge in [-0.1, -0.05) is 0 Å². The highest BCUT2D eigenvalue weighted by atomic mass is 16.3. The number of piperidine rings is 1. The Hall–Kier alpha value is -2.48. The van der Waals surface area contributed by atoms with E-state index in [1.807, 2.05) is 4.90 Å². The van der Waals surface area contributed by atoms with Crippen LogP contribution in [0, 0.1) is 0 Å². The molecule has 1 saturated heterocycles. The first kappa shape index (κ1) is 14.5. The first-order valence-corrected chi connectivity index (χ1v) is 7.18. The summed E-state index contributed by atoms with van der Waals surface area (Å²) in [6.07, 6.45) is 6.30. The highest BCUT2D eigenvalue weighted by Gasteiger charge is 2.34. The van der Waals surface area contributed by atoms with Crippen LogP contribution in [0.2, 0.25) is 0 Å². The number of nitrogens with one attached hydrogen (secondary N) is 2. The molecule has 1 aliphatic rings. The number of rotatable bonds is 4. The maximum Gasteiger partial charge on any atom is 0.269 e. The highest BCUT2D eigenvalue weighted by molar-refractivity contribution is 5.92. The molecule has 116 valence electrons. The molecule has 3 N–H and O–H groups in total. The minimum Gasteiger partial charge on any atom is -0.386 e. The Morgan fingerprint density at radius 1 is 1.41 bits per heavy atom. The van der Waals surface area contributed by atoms with Crippen LogP contribution in [0.4, 0.5) is 5.95 Å². The smallest absolute Gasteiger partial charge is 0.269 e. The van der Waals surface area contributed by atoms with E-state index in [1.54, 1.807) is 24.5 Å². The highest BCUT2D eigenvalue weighted by Crippen LogP contribution is 2.23. The third-order valence-electron chi connectivity index (χ3n) is 3.71. The molecular weight excluding hydrogens is 284 g/mol. The van der Waals surface area contributed by atoms with Crippen molar-refractivity contribution in [1.82, 2.24) is 25.5 Å². The lowest BCUT2D eigenvalue weighted by molar-refractivity contribution is 0.0251. The number of hydrogen-bond donors (Lipinski definition) is 3. The lowest BCUT2D eigenvalue weighted by atomic mass is 9.93. The number of carbonyl (C=O) groups is 1. The van der Waals surface area contributed by atoms with Crippen molar-refractivity contribution >= 4 is 11.9 Å². The van der Waals surface area contributed by atoms with Gasteiger partial charge in [-0.15, -0.1) is 0 Å². The SMILES string of the molecule is O=C(NC[C@]1(O)CCCN(c2ncccn2)C1)c1ccn[nH]1. The summed E-state index contributed by atoms with van der Waals surface area (Å²) in [6, 6.07) is 3.34. The van der Waals surface area contributed by atoms with Crippen molar-refractivity contribution in [3.8, 4) is 0 Å². The monoisotopic (exact) mass is 302 g/mol. The molecule has 0 saturated carbocycles. The van der Waals surface area contributed by atoms with Gasteiger partial charge in [0, 0.05) is 31.7 Å². The van der Waals surface area contributed by atoms with Gasteiger partial charge in [-0.05, 0) is 25.0 Å². The number of H-pyrrole nitrogens is 1. The average molecular weight is 302 g/mol. The second-order valence-corrected chi connectivity index (χ2v) is 5.45. The molecule has 2 aromatic rings. The predicted molar refractivity (Wildman–Crippen MR) is 79.3 cm³/mol. The second-order valence-electron chi connectivity index (χ2n) is 5.45. The van der Waals surface area contributed by atoms with Crippen molar-refractivity contribution in [2.24, 2.45) is 0 Å². The van der Waals surface area contributed by atoms with Crippen molar-refractivity contribution in [2.75, 3.05) is 24.5 Å². The van der Waals surface area contributed by atoms with Crippen LogP contribution in [-0.4, -0.2) is 56.4 Å². The first-order valence-electron chi connectivity index (χ1n) is 7.18. The van der Waals surface area contributed by atoms with Gasteiger partial charge in [-0.25, -0.2) is 9.97 Å². The van der Waals surface area contributed by atoms with Crippen molar-refractivity contribution in [3.05, 3.63) is 36.4 Å². The van der Waals surface area contributed by atoms with Gasteiger partial charge >= 0.3 is 0 Å². The molecule has 22 heavy (non-hydrogen) atoms. The summed E-state index contributed by atoms with van der Waals surface area (Å²) in [5, 5.41) is 19.8. The Labute approximate surface area is 127 Å². The van der Waals surface area contributed by atoms with Crippen LogP contribution < -0.4 is 10.2 Å². The third-order valence-corrected chi connectivity index (χ3v) is 3.71. The van der Waals surface area contributed by atoms with E-state index in [2.05, 4.69) is 25.5 Å². The summed E-state index contributed by atoms with van der Waals surface area (Å²) >= 11 is 0. The van der Waals surface area contributed by atoms with Crippen LogP contribution >= 0.6 is 0 Å².